The average Bonchev–Trinajstić information content (AvgIpc) is 2.94. The maximum Gasteiger partial charge on any atom is 0.337 e. The van der Waals surface area contributed by atoms with Gasteiger partial charge in [0.2, 0.25) is 0 Å². The number of nitrogens with zero attached hydrogens (tertiary/aromatic N) is 4. The molecule has 0 aliphatic carbocycles. The standard InChI is InChI=1S/C12H13N5O2S/c1-19-11(18)9-3-5-10(6-4-9)14-16-15-12-13-7-8-17(12)20-2/h3-8H,1-2H3,(H,13,14,15). The molecule has 0 unspecified atom stereocenters. The normalized spacial score (nSPS) is 10.7. The topological polar surface area (TPSA) is 80.9 Å². The third-order valence-electron chi connectivity index (χ3n) is 2.41. The van der Waals surface area contributed by atoms with E-state index < -0.39 is 0 Å². The number of aromatic nitrogens is 2. The summed E-state index contributed by atoms with van der Waals surface area (Å²) in [5.74, 6) is 0.122. The predicted molar refractivity (Wildman–Crippen MR) is 77.1 cm³/mol. The first-order chi connectivity index (χ1) is 9.74. The van der Waals surface area contributed by atoms with E-state index in [0.29, 0.717) is 17.2 Å². The van der Waals surface area contributed by atoms with Crippen molar-refractivity contribution >= 4 is 29.6 Å². The Morgan fingerprint density at radius 1 is 1.40 bits per heavy atom. The summed E-state index contributed by atoms with van der Waals surface area (Å²) in [6.45, 7) is 0. The van der Waals surface area contributed by atoms with Crippen LogP contribution in [0.4, 0.5) is 11.6 Å². The molecule has 1 N–H and O–H groups in total. The van der Waals surface area contributed by atoms with Gasteiger partial charge in [-0.2, -0.15) is 0 Å². The van der Waals surface area contributed by atoms with Crippen molar-refractivity contribution in [2.24, 2.45) is 10.3 Å². The van der Waals surface area contributed by atoms with Gasteiger partial charge in [0.05, 0.1) is 18.4 Å². The number of anilines is 1. The van der Waals surface area contributed by atoms with Crippen LogP contribution in [0, 0.1) is 0 Å². The molecule has 2 aromatic rings. The second-order valence-corrected chi connectivity index (χ2v) is 4.37. The summed E-state index contributed by atoms with van der Waals surface area (Å²) >= 11 is 1.48. The van der Waals surface area contributed by atoms with Gasteiger partial charge in [0, 0.05) is 18.6 Å². The maximum absolute atomic E-state index is 11.3. The maximum atomic E-state index is 11.3. The third kappa shape index (κ3) is 3.35. The van der Waals surface area contributed by atoms with Gasteiger partial charge in [-0.25, -0.2) is 9.78 Å². The van der Waals surface area contributed by atoms with Crippen LogP contribution in [0.25, 0.3) is 0 Å². The fourth-order valence-corrected chi connectivity index (χ4v) is 1.85. The van der Waals surface area contributed by atoms with Gasteiger partial charge in [0.1, 0.15) is 0 Å². The molecule has 0 saturated heterocycles. The SMILES string of the molecule is COC(=O)c1ccc(NN=Nc2nccn2SC)cc1. The summed E-state index contributed by atoms with van der Waals surface area (Å²) in [5, 5.41) is 7.81. The van der Waals surface area contributed by atoms with E-state index in [0.717, 1.165) is 0 Å². The number of hydrogen-bond acceptors (Lipinski definition) is 6. The van der Waals surface area contributed by atoms with E-state index in [1.54, 1.807) is 40.6 Å². The Morgan fingerprint density at radius 2 is 2.15 bits per heavy atom. The van der Waals surface area contributed by atoms with E-state index in [1.165, 1.54) is 19.1 Å². The Balaban J connectivity index is 1.99. The van der Waals surface area contributed by atoms with Crippen molar-refractivity contribution in [2.45, 2.75) is 0 Å². The lowest BCUT2D eigenvalue weighted by Crippen LogP contribution is -2.00. The van der Waals surface area contributed by atoms with Gasteiger partial charge in [-0.1, -0.05) is 10.3 Å². The zero-order valence-corrected chi connectivity index (χ0v) is 11.8. The number of carbonyl (C=O) groups is 1. The highest BCUT2D eigenvalue weighted by molar-refractivity contribution is 7.97. The lowest BCUT2D eigenvalue weighted by molar-refractivity contribution is 0.0601. The van der Waals surface area contributed by atoms with Crippen molar-refractivity contribution in [3.8, 4) is 0 Å². The molecule has 1 aromatic carbocycles. The summed E-state index contributed by atoms with van der Waals surface area (Å²) in [6.07, 6.45) is 5.36. The van der Waals surface area contributed by atoms with E-state index in [-0.39, 0.29) is 5.97 Å². The minimum Gasteiger partial charge on any atom is -0.465 e. The van der Waals surface area contributed by atoms with Gasteiger partial charge in [-0.15, -0.1) is 0 Å². The Labute approximate surface area is 120 Å². The number of ether oxygens (including phenoxy) is 1. The van der Waals surface area contributed by atoms with Crippen molar-refractivity contribution in [1.29, 1.82) is 0 Å². The molecule has 0 atom stereocenters. The van der Waals surface area contributed by atoms with Crippen LogP contribution in [0.2, 0.25) is 0 Å². The third-order valence-corrected chi connectivity index (χ3v) is 3.09. The van der Waals surface area contributed by atoms with Gasteiger partial charge >= 0.3 is 5.97 Å². The molecule has 0 bridgehead atoms. The lowest BCUT2D eigenvalue weighted by Gasteiger charge is -2.01. The monoisotopic (exact) mass is 291 g/mol. The second kappa shape index (κ2) is 6.71. The van der Waals surface area contributed by atoms with Crippen molar-refractivity contribution in [3.05, 3.63) is 42.2 Å². The van der Waals surface area contributed by atoms with Crippen LogP contribution in [-0.4, -0.2) is 28.3 Å². The molecular formula is C12H13N5O2S. The summed E-state index contributed by atoms with van der Waals surface area (Å²) in [6, 6.07) is 6.72. The molecule has 0 aliphatic rings. The molecule has 0 spiro atoms. The quantitative estimate of drug-likeness (QED) is 0.520. The Bertz CT molecular complexity index is 609. The number of benzene rings is 1. The summed E-state index contributed by atoms with van der Waals surface area (Å²) in [5.41, 5.74) is 3.95. The van der Waals surface area contributed by atoms with Crippen LogP contribution >= 0.6 is 11.9 Å². The van der Waals surface area contributed by atoms with Crippen LogP contribution < -0.4 is 5.43 Å². The molecule has 1 heterocycles. The zero-order valence-electron chi connectivity index (χ0n) is 11.0. The van der Waals surface area contributed by atoms with Gasteiger partial charge in [0.25, 0.3) is 5.95 Å². The van der Waals surface area contributed by atoms with Gasteiger partial charge in [-0.05, 0) is 36.2 Å². The Morgan fingerprint density at radius 3 is 2.80 bits per heavy atom. The first kappa shape index (κ1) is 14.1. The van der Waals surface area contributed by atoms with Crippen molar-refractivity contribution < 1.29 is 9.53 Å². The highest BCUT2D eigenvalue weighted by Gasteiger charge is 2.04. The fourth-order valence-electron chi connectivity index (χ4n) is 1.42. The highest BCUT2D eigenvalue weighted by atomic mass is 32.2. The van der Waals surface area contributed by atoms with Crippen molar-refractivity contribution in [3.63, 3.8) is 0 Å². The van der Waals surface area contributed by atoms with Crippen LogP contribution in [0.15, 0.2) is 47.0 Å². The van der Waals surface area contributed by atoms with Crippen LogP contribution in [-0.2, 0) is 4.74 Å². The first-order valence-corrected chi connectivity index (χ1v) is 6.85. The van der Waals surface area contributed by atoms with Gasteiger partial charge < -0.3 is 4.74 Å². The molecule has 1 aromatic heterocycles. The van der Waals surface area contributed by atoms with Crippen molar-refractivity contribution in [2.75, 3.05) is 18.8 Å². The molecular weight excluding hydrogens is 278 g/mol. The molecule has 8 heteroatoms. The Hall–Kier alpha value is -2.35. The largest absolute Gasteiger partial charge is 0.465 e. The van der Waals surface area contributed by atoms with Crippen molar-refractivity contribution in [1.82, 2.24) is 8.96 Å². The summed E-state index contributed by atoms with van der Waals surface area (Å²) < 4.78 is 6.40. The number of methoxy groups -OCH3 is 1. The molecule has 0 radical (unpaired) electrons. The molecule has 0 fully saturated rings. The predicted octanol–water partition coefficient (Wildman–Crippen LogP) is 2.91. The molecule has 0 aliphatic heterocycles. The highest BCUT2D eigenvalue weighted by Crippen LogP contribution is 2.16. The molecule has 20 heavy (non-hydrogen) atoms. The number of imidazole rings is 1. The van der Waals surface area contributed by atoms with E-state index in [4.69, 9.17) is 0 Å². The number of esters is 1. The molecule has 7 nitrogen and oxygen atoms in total. The lowest BCUT2D eigenvalue weighted by atomic mass is 10.2. The second-order valence-electron chi connectivity index (χ2n) is 3.62. The molecule has 0 saturated carbocycles. The zero-order chi connectivity index (χ0) is 14.4. The van der Waals surface area contributed by atoms with Crippen LogP contribution in [0.1, 0.15) is 10.4 Å². The fraction of sp³-hybridized carbons (Fsp3) is 0.167. The van der Waals surface area contributed by atoms with Crippen LogP contribution in [0.3, 0.4) is 0 Å². The number of carbonyl (C=O) groups excluding carboxylic acids is 1. The minimum absolute atomic E-state index is 0.375. The summed E-state index contributed by atoms with van der Waals surface area (Å²) in [4.78, 5) is 15.3. The minimum atomic E-state index is -0.375. The first-order valence-electron chi connectivity index (χ1n) is 5.67. The van der Waals surface area contributed by atoms with Gasteiger partial charge in [0.15, 0.2) is 0 Å². The van der Waals surface area contributed by atoms with E-state index in [1.807, 2.05) is 6.26 Å². The van der Waals surface area contributed by atoms with Crippen LogP contribution in [0.5, 0.6) is 0 Å². The molecule has 2 rings (SSSR count). The van der Waals surface area contributed by atoms with Gasteiger partial charge in [-0.3, -0.25) is 9.40 Å². The smallest absolute Gasteiger partial charge is 0.337 e. The summed E-state index contributed by atoms with van der Waals surface area (Å²) in [7, 11) is 1.34. The van der Waals surface area contributed by atoms with E-state index in [9.17, 15) is 4.79 Å². The molecule has 0 amide bonds. The average molecular weight is 291 g/mol. The van der Waals surface area contributed by atoms with E-state index in [2.05, 4.69) is 25.5 Å². The Kier molecular flexibility index (Phi) is 4.72. The number of hydrogen-bond donors (Lipinski definition) is 1. The number of rotatable bonds is 5. The van der Waals surface area contributed by atoms with E-state index >= 15 is 0 Å². The number of nitrogens with one attached hydrogen (secondary N) is 1. The molecule has 104 valence electrons.